The molecule has 2 amide bonds. The number of hydrogen-bond donors (Lipinski definition) is 1. The molecular weight excluding hydrogens is 467 g/mol. The van der Waals surface area contributed by atoms with Gasteiger partial charge in [-0.15, -0.1) is 11.3 Å². The van der Waals surface area contributed by atoms with Gasteiger partial charge in [0.2, 0.25) is 11.8 Å². The van der Waals surface area contributed by atoms with Crippen LogP contribution in [0.2, 0.25) is 0 Å². The van der Waals surface area contributed by atoms with Crippen molar-refractivity contribution >= 4 is 28.8 Å². The molecule has 35 heavy (non-hydrogen) atoms. The number of thiophene rings is 1. The summed E-state index contributed by atoms with van der Waals surface area (Å²) in [4.78, 5) is 29.8. The molecule has 3 aromatic rings. The minimum absolute atomic E-state index is 0.00350. The summed E-state index contributed by atoms with van der Waals surface area (Å²) in [5, 5.41) is 4.96. The van der Waals surface area contributed by atoms with Crippen molar-refractivity contribution in [1.29, 1.82) is 0 Å². The van der Waals surface area contributed by atoms with Gasteiger partial charge in [-0.25, -0.2) is 4.39 Å². The maximum absolute atomic E-state index is 15.2. The summed E-state index contributed by atoms with van der Waals surface area (Å²) in [6.45, 7) is 0. The normalized spacial score (nSPS) is 14.4. The second-order valence-corrected chi connectivity index (χ2v) is 9.50. The van der Waals surface area contributed by atoms with E-state index in [0.29, 0.717) is 17.2 Å². The maximum Gasteiger partial charge on any atom is 0.248 e. The molecule has 1 saturated carbocycles. The average Bonchev–Trinajstić information content (AvgIpc) is 3.57. The summed E-state index contributed by atoms with van der Waals surface area (Å²) >= 11 is 1.45. The van der Waals surface area contributed by atoms with Crippen molar-refractivity contribution < 1.29 is 23.5 Å². The van der Waals surface area contributed by atoms with Crippen LogP contribution >= 0.6 is 11.3 Å². The Morgan fingerprint density at radius 1 is 1.09 bits per heavy atom. The molecule has 1 atom stereocenters. The standard InChI is InChI=1S/C27H29FN2O4S/c1-33-19-13-14-23(24(16-19)34-2)30(25(31)17-20-10-7-15-35-20)26(21-11-5-6-12-22(21)28)27(32)29-18-8-3-4-9-18/h5-7,10-16,18,26H,3-4,8-9,17H2,1-2H3,(H,29,32)/t26-/m0/s1. The van der Waals surface area contributed by atoms with E-state index in [2.05, 4.69) is 5.32 Å². The van der Waals surface area contributed by atoms with Gasteiger partial charge in [0.15, 0.2) is 0 Å². The minimum Gasteiger partial charge on any atom is -0.497 e. The van der Waals surface area contributed by atoms with Gasteiger partial charge >= 0.3 is 0 Å². The number of carbonyl (C=O) groups is 2. The van der Waals surface area contributed by atoms with Crippen molar-refractivity contribution in [1.82, 2.24) is 5.32 Å². The topological polar surface area (TPSA) is 67.9 Å². The van der Waals surface area contributed by atoms with E-state index in [1.807, 2.05) is 17.5 Å². The molecule has 184 valence electrons. The van der Waals surface area contributed by atoms with Crippen LogP contribution in [-0.2, 0) is 16.0 Å². The largest absolute Gasteiger partial charge is 0.497 e. The highest BCUT2D eigenvalue weighted by molar-refractivity contribution is 7.10. The first-order valence-corrected chi connectivity index (χ1v) is 12.5. The fourth-order valence-corrected chi connectivity index (χ4v) is 5.19. The highest BCUT2D eigenvalue weighted by atomic mass is 32.1. The highest BCUT2D eigenvalue weighted by Crippen LogP contribution is 2.39. The van der Waals surface area contributed by atoms with Gasteiger partial charge in [-0.05, 0) is 42.5 Å². The quantitative estimate of drug-likeness (QED) is 0.438. The van der Waals surface area contributed by atoms with Crippen LogP contribution in [-0.4, -0.2) is 32.1 Å². The third-order valence-electron chi connectivity index (χ3n) is 6.23. The number of hydrogen-bond acceptors (Lipinski definition) is 5. The number of nitrogens with zero attached hydrogens (tertiary/aromatic N) is 1. The van der Waals surface area contributed by atoms with Crippen LogP contribution in [0.5, 0.6) is 11.5 Å². The Morgan fingerprint density at radius 3 is 2.51 bits per heavy atom. The predicted molar refractivity (Wildman–Crippen MR) is 135 cm³/mol. The summed E-state index contributed by atoms with van der Waals surface area (Å²) < 4.78 is 26.1. The van der Waals surface area contributed by atoms with Crippen LogP contribution in [0.1, 0.15) is 42.2 Å². The number of halogens is 1. The number of nitrogens with one attached hydrogen (secondary N) is 1. The highest BCUT2D eigenvalue weighted by Gasteiger charge is 2.37. The maximum atomic E-state index is 15.2. The minimum atomic E-state index is -1.22. The fraction of sp³-hybridized carbons (Fsp3) is 0.333. The van der Waals surface area contributed by atoms with Crippen LogP contribution in [0.3, 0.4) is 0 Å². The molecule has 0 saturated heterocycles. The van der Waals surface area contributed by atoms with E-state index in [0.717, 1.165) is 30.6 Å². The summed E-state index contributed by atoms with van der Waals surface area (Å²) in [5.41, 5.74) is 0.491. The lowest BCUT2D eigenvalue weighted by molar-refractivity contribution is -0.127. The van der Waals surface area contributed by atoms with Gasteiger partial charge in [-0.1, -0.05) is 37.1 Å². The summed E-state index contributed by atoms with van der Waals surface area (Å²) in [7, 11) is 3.02. The molecular formula is C27H29FN2O4S. The van der Waals surface area contributed by atoms with Gasteiger partial charge in [0.1, 0.15) is 23.4 Å². The second kappa shape index (κ2) is 11.4. The molecule has 0 spiro atoms. The number of carbonyl (C=O) groups excluding carboxylic acids is 2. The number of ether oxygens (including phenoxy) is 2. The fourth-order valence-electron chi connectivity index (χ4n) is 4.49. The molecule has 4 rings (SSSR count). The number of methoxy groups -OCH3 is 2. The first-order valence-electron chi connectivity index (χ1n) is 11.6. The van der Waals surface area contributed by atoms with Crippen LogP contribution in [0.4, 0.5) is 10.1 Å². The van der Waals surface area contributed by atoms with E-state index in [1.54, 1.807) is 36.4 Å². The van der Waals surface area contributed by atoms with Crippen molar-refractivity contribution in [2.75, 3.05) is 19.1 Å². The van der Waals surface area contributed by atoms with Gasteiger partial charge in [0, 0.05) is 22.5 Å². The lowest BCUT2D eigenvalue weighted by Gasteiger charge is -2.33. The molecule has 0 bridgehead atoms. The van der Waals surface area contributed by atoms with Gasteiger partial charge in [-0.2, -0.15) is 0 Å². The smallest absolute Gasteiger partial charge is 0.248 e. The lowest BCUT2D eigenvalue weighted by atomic mass is 10.0. The predicted octanol–water partition coefficient (Wildman–Crippen LogP) is 5.28. The number of benzene rings is 2. The van der Waals surface area contributed by atoms with E-state index in [4.69, 9.17) is 9.47 Å². The van der Waals surface area contributed by atoms with Crippen LogP contribution < -0.4 is 19.7 Å². The van der Waals surface area contributed by atoms with Crippen molar-refractivity contribution in [2.24, 2.45) is 0 Å². The summed E-state index contributed by atoms with van der Waals surface area (Å²) in [6, 6.07) is 13.6. The van der Waals surface area contributed by atoms with Crippen molar-refractivity contribution in [2.45, 2.75) is 44.2 Å². The zero-order valence-corrected chi connectivity index (χ0v) is 20.6. The zero-order chi connectivity index (χ0) is 24.8. The van der Waals surface area contributed by atoms with E-state index in [1.165, 1.54) is 36.5 Å². The van der Waals surface area contributed by atoms with Gasteiger partial charge in [0.05, 0.1) is 26.3 Å². The molecule has 1 fully saturated rings. The molecule has 8 heteroatoms. The van der Waals surface area contributed by atoms with Gasteiger partial charge in [0.25, 0.3) is 0 Å². The Kier molecular flexibility index (Phi) is 8.02. The Bertz CT molecular complexity index is 1160. The Balaban J connectivity index is 1.84. The first-order chi connectivity index (χ1) is 17.0. The molecule has 0 aliphatic heterocycles. The molecule has 1 N–H and O–H groups in total. The Hall–Kier alpha value is -3.39. The second-order valence-electron chi connectivity index (χ2n) is 8.47. The molecule has 1 aromatic heterocycles. The molecule has 6 nitrogen and oxygen atoms in total. The molecule has 1 aliphatic rings. The molecule has 1 heterocycles. The zero-order valence-electron chi connectivity index (χ0n) is 19.8. The van der Waals surface area contributed by atoms with E-state index in [-0.39, 0.29) is 23.9 Å². The van der Waals surface area contributed by atoms with Gasteiger partial charge < -0.3 is 14.8 Å². The number of rotatable bonds is 9. The third kappa shape index (κ3) is 5.65. The first kappa shape index (κ1) is 24.7. The molecule has 1 aliphatic carbocycles. The number of amides is 2. The van der Waals surface area contributed by atoms with Crippen LogP contribution in [0.25, 0.3) is 0 Å². The van der Waals surface area contributed by atoms with E-state index in [9.17, 15) is 9.59 Å². The monoisotopic (exact) mass is 496 g/mol. The van der Waals surface area contributed by atoms with Crippen molar-refractivity contribution in [3.8, 4) is 11.5 Å². The van der Waals surface area contributed by atoms with Crippen molar-refractivity contribution in [3.63, 3.8) is 0 Å². The van der Waals surface area contributed by atoms with Crippen LogP contribution in [0, 0.1) is 5.82 Å². The summed E-state index contributed by atoms with van der Waals surface area (Å²) in [5.74, 6) is -0.432. The number of anilines is 1. The lowest BCUT2D eigenvalue weighted by Crippen LogP contribution is -2.47. The molecule has 0 radical (unpaired) electrons. The van der Waals surface area contributed by atoms with Crippen LogP contribution in [0.15, 0.2) is 60.0 Å². The van der Waals surface area contributed by atoms with E-state index < -0.39 is 17.8 Å². The van der Waals surface area contributed by atoms with E-state index >= 15 is 4.39 Å². The molecule has 0 unspecified atom stereocenters. The third-order valence-corrected chi connectivity index (χ3v) is 7.10. The van der Waals surface area contributed by atoms with Crippen molar-refractivity contribution in [3.05, 3.63) is 76.2 Å². The van der Waals surface area contributed by atoms with Gasteiger partial charge in [-0.3, -0.25) is 14.5 Å². The summed E-state index contributed by atoms with van der Waals surface area (Å²) in [6.07, 6.45) is 3.86. The average molecular weight is 497 g/mol. The SMILES string of the molecule is COc1ccc(N(C(=O)Cc2cccs2)[C@H](C(=O)NC2CCCC2)c2ccccc2F)c(OC)c1. The Morgan fingerprint density at radius 2 is 1.86 bits per heavy atom. The molecule has 2 aromatic carbocycles. The Labute approximate surface area is 208 Å².